The number of nitrogens with zero attached hydrogens (tertiary/aromatic N) is 3. The summed E-state index contributed by atoms with van der Waals surface area (Å²) in [7, 11) is 0. The van der Waals surface area contributed by atoms with Crippen molar-refractivity contribution >= 4 is 29.3 Å². The second kappa shape index (κ2) is 12.1. The molecule has 1 amide bonds. The predicted octanol–water partition coefficient (Wildman–Crippen LogP) is 7.23. The van der Waals surface area contributed by atoms with E-state index in [9.17, 15) is 10.1 Å². The van der Waals surface area contributed by atoms with Gasteiger partial charge in [-0.05, 0) is 61.9 Å². The second-order valence-electron chi connectivity index (χ2n) is 8.55. The molecule has 0 saturated carbocycles. The van der Waals surface area contributed by atoms with Gasteiger partial charge in [-0.2, -0.15) is 10.4 Å². The first-order chi connectivity index (χ1) is 18.0. The molecule has 0 bridgehead atoms. The summed E-state index contributed by atoms with van der Waals surface area (Å²) in [5, 5.41) is 17.8. The first-order valence-corrected chi connectivity index (χ1v) is 12.4. The fourth-order valence-electron chi connectivity index (χ4n) is 3.66. The molecule has 0 aliphatic heterocycles. The van der Waals surface area contributed by atoms with E-state index in [2.05, 4.69) is 12.2 Å². The van der Waals surface area contributed by atoms with E-state index < -0.39 is 5.91 Å². The van der Waals surface area contributed by atoms with Crippen LogP contribution in [0.3, 0.4) is 0 Å². The average molecular weight is 511 g/mol. The van der Waals surface area contributed by atoms with E-state index in [0.29, 0.717) is 34.3 Å². The fraction of sp³-hybridized carbons (Fsp3) is 0.167. The Bertz CT molecular complexity index is 1450. The number of aromatic nitrogens is 2. The molecule has 1 heterocycles. The maximum absolute atomic E-state index is 12.9. The van der Waals surface area contributed by atoms with Gasteiger partial charge in [0, 0.05) is 23.0 Å². The van der Waals surface area contributed by atoms with E-state index in [1.54, 1.807) is 35.2 Å². The van der Waals surface area contributed by atoms with Crippen molar-refractivity contribution in [3.63, 3.8) is 0 Å². The van der Waals surface area contributed by atoms with Crippen molar-refractivity contribution in [2.45, 2.75) is 26.7 Å². The van der Waals surface area contributed by atoms with Crippen molar-refractivity contribution in [2.24, 2.45) is 0 Å². The molecule has 7 heteroatoms. The zero-order valence-electron chi connectivity index (χ0n) is 20.7. The minimum Gasteiger partial charge on any atom is -0.492 e. The molecule has 0 aliphatic rings. The molecule has 37 heavy (non-hydrogen) atoms. The van der Waals surface area contributed by atoms with Gasteiger partial charge in [0.25, 0.3) is 5.91 Å². The summed E-state index contributed by atoms with van der Waals surface area (Å²) in [5.41, 5.74) is 4.42. The van der Waals surface area contributed by atoms with Crippen molar-refractivity contribution in [1.82, 2.24) is 9.78 Å². The minimum absolute atomic E-state index is 0.0416. The van der Waals surface area contributed by atoms with E-state index in [1.165, 1.54) is 0 Å². The van der Waals surface area contributed by atoms with Crippen LogP contribution < -0.4 is 10.1 Å². The van der Waals surface area contributed by atoms with Gasteiger partial charge in [-0.25, -0.2) is 4.68 Å². The van der Waals surface area contributed by atoms with Gasteiger partial charge in [-0.15, -0.1) is 0 Å². The maximum atomic E-state index is 12.9. The molecule has 4 rings (SSSR count). The molecule has 0 unspecified atom stereocenters. The first-order valence-electron chi connectivity index (χ1n) is 12.1. The van der Waals surface area contributed by atoms with Crippen LogP contribution in [-0.2, 0) is 4.79 Å². The number of amides is 1. The highest BCUT2D eigenvalue weighted by Crippen LogP contribution is 2.33. The van der Waals surface area contributed by atoms with Crippen LogP contribution in [0, 0.1) is 18.3 Å². The van der Waals surface area contributed by atoms with Gasteiger partial charge in [0.05, 0.1) is 17.3 Å². The van der Waals surface area contributed by atoms with Gasteiger partial charge in [0.2, 0.25) is 0 Å². The molecule has 6 nitrogen and oxygen atoms in total. The van der Waals surface area contributed by atoms with Gasteiger partial charge in [-0.1, -0.05) is 60.8 Å². The zero-order valence-corrected chi connectivity index (χ0v) is 21.5. The lowest BCUT2D eigenvalue weighted by atomic mass is 10.1. The summed E-state index contributed by atoms with van der Waals surface area (Å²) >= 11 is 6.53. The van der Waals surface area contributed by atoms with Crippen LogP contribution in [0.25, 0.3) is 23.0 Å². The molecule has 0 atom stereocenters. The molecule has 186 valence electrons. The number of carbonyl (C=O) groups is 1. The van der Waals surface area contributed by atoms with E-state index in [4.69, 9.17) is 21.4 Å². The number of hydrogen-bond acceptors (Lipinski definition) is 4. The Balaban J connectivity index is 1.71. The van der Waals surface area contributed by atoms with Crippen LogP contribution in [0.15, 0.2) is 84.6 Å². The maximum Gasteiger partial charge on any atom is 0.266 e. The van der Waals surface area contributed by atoms with E-state index in [0.717, 1.165) is 29.7 Å². The van der Waals surface area contributed by atoms with E-state index >= 15 is 0 Å². The molecule has 3 aromatic carbocycles. The monoisotopic (exact) mass is 510 g/mol. The summed E-state index contributed by atoms with van der Waals surface area (Å²) in [4.78, 5) is 12.9. The largest absolute Gasteiger partial charge is 0.492 e. The number of unbranched alkanes of at least 4 members (excludes halogenated alkanes) is 1. The molecule has 0 radical (unpaired) electrons. The summed E-state index contributed by atoms with van der Waals surface area (Å²) < 4.78 is 7.50. The van der Waals surface area contributed by atoms with Crippen LogP contribution in [0.1, 0.15) is 30.9 Å². The van der Waals surface area contributed by atoms with Gasteiger partial charge < -0.3 is 10.1 Å². The molecule has 1 N–H and O–H groups in total. The van der Waals surface area contributed by atoms with Crippen molar-refractivity contribution in [3.05, 3.63) is 101 Å². The van der Waals surface area contributed by atoms with Crippen LogP contribution in [0.2, 0.25) is 5.02 Å². The number of halogens is 1. The lowest BCUT2D eigenvalue weighted by Crippen LogP contribution is -2.13. The Morgan fingerprint density at radius 1 is 1.14 bits per heavy atom. The Morgan fingerprint density at radius 3 is 2.57 bits per heavy atom. The highest BCUT2D eigenvalue weighted by molar-refractivity contribution is 6.32. The summed E-state index contributed by atoms with van der Waals surface area (Å²) in [5.74, 6) is 0.108. The van der Waals surface area contributed by atoms with Crippen molar-refractivity contribution in [2.75, 3.05) is 11.9 Å². The lowest BCUT2D eigenvalue weighted by molar-refractivity contribution is -0.112. The van der Waals surface area contributed by atoms with Crippen LogP contribution >= 0.6 is 11.6 Å². The van der Waals surface area contributed by atoms with Gasteiger partial charge in [0.15, 0.2) is 0 Å². The molecule has 0 spiro atoms. The minimum atomic E-state index is -0.498. The molecule has 0 aliphatic carbocycles. The normalized spacial score (nSPS) is 11.1. The number of benzene rings is 3. The van der Waals surface area contributed by atoms with Crippen molar-refractivity contribution in [1.29, 1.82) is 5.26 Å². The fourth-order valence-corrected chi connectivity index (χ4v) is 3.90. The first kappa shape index (κ1) is 25.7. The lowest BCUT2D eigenvalue weighted by Gasteiger charge is -2.09. The molecule has 0 saturated heterocycles. The molecular weight excluding hydrogens is 484 g/mol. The van der Waals surface area contributed by atoms with E-state index in [1.807, 2.05) is 67.6 Å². The Morgan fingerprint density at radius 2 is 1.89 bits per heavy atom. The molecule has 4 aromatic rings. The van der Waals surface area contributed by atoms with Crippen molar-refractivity contribution in [3.8, 4) is 28.8 Å². The third-order valence-electron chi connectivity index (χ3n) is 5.70. The number of carbonyl (C=O) groups excluding carboxylic acids is 1. The van der Waals surface area contributed by atoms with Gasteiger partial charge >= 0.3 is 0 Å². The number of nitrogens with one attached hydrogen (secondary N) is 1. The summed E-state index contributed by atoms with van der Waals surface area (Å²) in [6.45, 7) is 4.66. The molecule has 0 fully saturated rings. The van der Waals surface area contributed by atoms with E-state index in [-0.39, 0.29) is 5.57 Å². The quantitative estimate of drug-likeness (QED) is 0.146. The molecular formula is C30H27ClN4O2. The Hall–Kier alpha value is -4.34. The third kappa shape index (κ3) is 6.46. The number of ether oxygens (including phenoxy) is 1. The van der Waals surface area contributed by atoms with Gasteiger partial charge in [-0.3, -0.25) is 4.79 Å². The van der Waals surface area contributed by atoms with Gasteiger partial charge in [0.1, 0.15) is 23.1 Å². The number of hydrogen-bond donors (Lipinski definition) is 1. The predicted molar refractivity (Wildman–Crippen MR) is 148 cm³/mol. The van der Waals surface area contributed by atoms with Crippen LogP contribution in [0.5, 0.6) is 5.75 Å². The summed E-state index contributed by atoms with van der Waals surface area (Å²) in [6, 6.07) is 24.5. The standard InChI is InChI=1S/C30H27ClN4O2/c1-3-4-16-37-28-15-12-22(18-27(28)31)29-24(20-35(34-29)26-8-6-5-7-9-26)17-23(19-32)30(36)33-25-13-10-21(2)11-14-25/h5-15,17-18,20H,3-4,16H2,1-2H3,(H,33,36)/b23-17-. The number of nitriles is 1. The number of anilines is 1. The number of para-hydroxylation sites is 1. The highest BCUT2D eigenvalue weighted by atomic mass is 35.5. The number of aryl methyl sites for hydroxylation is 1. The van der Waals surface area contributed by atoms with Crippen LogP contribution in [-0.4, -0.2) is 22.3 Å². The Kier molecular flexibility index (Phi) is 8.40. The molecule has 1 aromatic heterocycles. The SMILES string of the molecule is CCCCOc1ccc(-c2nn(-c3ccccc3)cc2/C=C(/C#N)C(=O)Nc2ccc(C)cc2)cc1Cl. The average Bonchev–Trinajstić information content (AvgIpc) is 3.34. The second-order valence-corrected chi connectivity index (χ2v) is 8.96. The highest BCUT2D eigenvalue weighted by Gasteiger charge is 2.17. The zero-order chi connectivity index (χ0) is 26.2. The van der Waals surface area contributed by atoms with Crippen LogP contribution in [0.4, 0.5) is 5.69 Å². The summed E-state index contributed by atoms with van der Waals surface area (Å²) in [6.07, 6.45) is 5.31. The smallest absolute Gasteiger partial charge is 0.266 e. The third-order valence-corrected chi connectivity index (χ3v) is 5.99. The Labute approximate surface area is 221 Å². The topological polar surface area (TPSA) is 79.9 Å². The number of rotatable bonds is 9. The van der Waals surface area contributed by atoms with Crippen molar-refractivity contribution < 1.29 is 9.53 Å².